The summed E-state index contributed by atoms with van der Waals surface area (Å²) >= 11 is 0. The first kappa shape index (κ1) is 15.9. The topological polar surface area (TPSA) is 32.7 Å². The summed E-state index contributed by atoms with van der Waals surface area (Å²) in [4.78, 5) is 2.56. The van der Waals surface area contributed by atoms with Crippen LogP contribution in [0.1, 0.15) is 38.7 Å². The van der Waals surface area contributed by atoms with Crippen LogP contribution in [0, 0.1) is 11.8 Å². The summed E-state index contributed by atoms with van der Waals surface area (Å²) in [6.07, 6.45) is 3.82. The molecule has 0 spiro atoms. The molecule has 114 valence electrons. The molecular weight excluding hydrogens is 262 g/mol. The number of hydrogen-bond donors (Lipinski definition) is 1. The summed E-state index contributed by atoms with van der Waals surface area (Å²) in [5.41, 5.74) is 0.877. The fourth-order valence-electron chi connectivity index (χ4n) is 3.04. The van der Waals surface area contributed by atoms with Gasteiger partial charge in [0, 0.05) is 24.2 Å². The van der Waals surface area contributed by atoms with E-state index in [1.165, 1.54) is 19.3 Å². The highest BCUT2D eigenvalue weighted by Crippen LogP contribution is 2.25. The summed E-state index contributed by atoms with van der Waals surface area (Å²) in [6, 6.07) is 9.11. The molecule has 1 heterocycles. The van der Waals surface area contributed by atoms with Gasteiger partial charge in [0.1, 0.15) is 19.0 Å². The predicted molar refractivity (Wildman–Crippen MR) is 85.4 cm³/mol. The molecule has 1 saturated heterocycles. The number of likely N-dealkylation sites (tertiary alicyclic amines) is 1. The van der Waals surface area contributed by atoms with Gasteiger partial charge in [-0.15, -0.1) is 0 Å². The smallest absolute Gasteiger partial charge is 0.120 e. The van der Waals surface area contributed by atoms with Gasteiger partial charge in [-0.05, 0) is 44.4 Å². The highest BCUT2D eigenvalue weighted by atomic mass is 16.5. The normalized spacial score (nSPS) is 21.9. The molecule has 1 aromatic carbocycles. The van der Waals surface area contributed by atoms with Gasteiger partial charge in [-0.2, -0.15) is 0 Å². The van der Waals surface area contributed by atoms with E-state index in [4.69, 9.17) is 9.84 Å². The van der Waals surface area contributed by atoms with Crippen molar-refractivity contribution in [3.05, 3.63) is 29.8 Å². The number of nitrogens with zero attached hydrogens (tertiary/aromatic N) is 1. The molecule has 0 radical (unpaired) electrons. The van der Waals surface area contributed by atoms with E-state index in [1.807, 2.05) is 24.3 Å². The van der Waals surface area contributed by atoms with Crippen molar-refractivity contribution in [3.63, 3.8) is 0 Å². The Bertz CT molecular complexity index is 503. The van der Waals surface area contributed by atoms with Gasteiger partial charge in [0.25, 0.3) is 0 Å². The first-order valence-electron chi connectivity index (χ1n) is 7.83. The Hall–Kier alpha value is -1.50. The molecule has 1 aliphatic heterocycles. The van der Waals surface area contributed by atoms with Crippen LogP contribution in [-0.2, 0) is 0 Å². The van der Waals surface area contributed by atoms with E-state index in [1.54, 1.807) is 0 Å². The van der Waals surface area contributed by atoms with Crippen LogP contribution in [0.15, 0.2) is 24.3 Å². The van der Waals surface area contributed by atoms with Crippen LogP contribution in [0.5, 0.6) is 5.75 Å². The quantitative estimate of drug-likeness (QED) is 0.845. The number of aliphatic hydroxyl groups excluding tert-OH is 1. The average molecular weight is 287 g/mol. The molecule has 0 aromatic heterocycles. The number of rotatable bonds is 5. The molecule has 2 rings (SSSR count). The van der Waals surface area contributed by atoms with Crippen LogP contribution in [0.3, 0.4) is 0 Å². The van der Waals surface area contributed by atoms with Crippen LogP contribution in [-0.4, -0.2) is 41.8 Å². The van der Waals surface area contributed by atoms with Crippen LogP contribution in [0.25, 0.3) is 0 Å². The Morgan fingerprint density at radius 3 is 3.00 bits per heavy atom. The Kier molecular flexibility index (Phi) is 6.10. The second kappa shape index (κ2) is 8.07. The molecule has 1 N–H and O–H groups in total. The molecule has 1 fully saturated rings. The minimum absolute atomic E-state index is 0.115. The monoisotopic (exact) mass is 287 g/mol. The predicted octanol–water partition coefficient (Wildman–Crippen LogP) is 2.67. The minimum Gasteiger partial charge on any atom is -0.492 e. The largest absolute Gasteiger partial charge is 0.492 e. The summed E-state index contributed by atoms with van der Waals surface area (Å²) in [5.74, 6) is 6.40. The van der Waals surface area contributed by atoms with E-state index >= 15 is 0 Å². The molecule has 0 bridgehead atoms. The maximum absolute atomic E-state index is 8.72. The fraction of sp³-hybridized carbons (Fsp3) is 0.556. The maximum Gasteiger partial charge on any atom is 0.120 e. The molecule has 0 amide bonds. The van der Waals surface area contributed by atoms with Gasteiger partial charge in [0.2, 0.25) is 0 Å². The third-order valence-electron chi connectivity index (χ3n) is 4.19. The van der Waals surface area contributed by atoms with E-state index in [0.717, 1.165) is 17.9 Å². The third-order valence-corrected chi connectivity index (χ3v) is 4.19. The Labute approximate surface area is 127 Å². The van der Waals surface area contributed by atoms with Crippen LogP contribution in [0.2, 0.25) is 0 Å². The summed E-state index contributed by atoms with van der Waals surface area (Å²) < 4.78 is 5.86. The zero-order valence-corrected chi connectivity index (χ0v) is 13.0. The lowest BCUT2D eigenvalue weighted by molar-refractivity contribution is 0.159. The van der Waals surface area contributed by atoms with Crippen molar-refractivity contribution in [2.45, 2.75) is 45.2 Å². The highest BCUT2D eigenvalue weighted by molar-refractivity contribution is 5.39. The molecule has 2 unspecified atom stereocenters. The molecule has 3 nitrogen and oxygen atoms in total. The lowest BCUT2D eigenvalue weighted by Gasteiger charge is -2.27. The Balaban J connectivity index is 1.85. The van der Waals surface area contributed by atoms with Crippen molar-refractivity contribution >= 4 is 0 Å². The zero-order chi connectivity index (χ0) is 15.1. The van der Waals surface area contributed by atoms with Crippen LogP contribution in [0.4, 0.5) is 0 Å². The van der Waals surface area contributed by atoms with Crippen molar-refractivity contribution in [2.75, 3.05) is 19.8 Å². The van der Waals surface area contributed by atoms with Gasteiger partial charge in [0.15, 0.2) is 0 Å². The molecule has 1 aromatic rings. The van der Waals surface area contributed by atoms with Crippen molar-refractivity contribution in [2.24, 2.45) is 0 Å². The van der Waals surface area contributed by atoms with E-state index in [0.29, 0.717) is 18.7 Å². The van der Waals surface area contributed by atoms with Crippen LogP contribution >= 0.6 is 0 Å². The Morgan fingerprint density at radius 1 is 1.38 bits per heavy atom. The molecule has 1 aliphatic rings. The SMILES string of the molecule is CCC1CCC(C)N1CCOc1cccc(C#CCO)c1. The second-order valence-corrected chi connectivity index (χ2v) is 5.56. The Morgan fingerprint density at radius 2 is 2.24 bits per heavy atom. The molecule has 3 heteroatoms. The van der Waals surface area contributed by atoms with Gasteiger partial charge < -0.3 is 9.84 Å². The molecule has 0 saturated carbocycles. The molecule has 2 atom stereocenters. The van der Waals surface area contributed by atoms with E-state index in [-0.39, 0.29) is 6.61 Å². The molecule has 21 heavy (non-hydrogen) atoms. The first-order valence-corrected chi connectivity index (χ1v) is 7.83. The highest BCUT2D eigenvalue weighted by Gasteiger charge is 2.28. The third kappa shape index (κ3) is 4.49. The molecule has 0 aliphatic carbocycles. The first-order chi connectivity index (χ1) is 10.2. The number of benzene rings is 1. The number of hydrogen-bond acceptors (Lipinski definition) is 3. The van der Waals surface area contributed by atoms with Crippen molar-refractivity contribution in [1.82, 2.24) is 4.90 Å². The van der Waals surface area contributed by atoms with Gasteiger partial charge in [-0.3, -0.25) is 4.90 Å². The van der Waals surface area contributed by atoms with E-state index < -0.39 is 0 Å². The zero-order valence-electron chi connectivity index (χ0n) is 13.0. The minimum atomic E-state index is -0.115. The summed E-state index contributed by atoms with van der Waals surface area (Å²) in [5, 5.41) is 8.72. The van der Waals surface area contributed by atoms with Gasteiger partial charge in [0.05, 0.1) is 0 Å². The summed E-state index contributed by atoms with van der Waals surface area (Å²) in [6.45, 7) is 6.14. The maximum atomic E-state index is 8.72. The lowest BCUT2D eigenvalue weighted by Crippen LogP contribution is -2.37. The second-order valence-electron chi connectivity index (χ2n) is 5.56. The number of ether oxygens (including phenoxy) is 1. The molecular formula is C18H25NO2. The van der Waals surface area contributed by atoms with Crippen molar-refractivity contribution < 1.29 is 9.84 Å². The van der Waals surface area contributed by atoms with E-state index in [2.05, 4.69) is 30.6 Å². The van der Waals surface area contributed by atoms with E-state index in [9.17, 15) is 0 Å². The van der Waals surface area contributed by atoms with Gasteiger partial charge in [-0.25, -0.2) is 0 Å². The van der Waals surface area contributed by atoms with Crippen molar-refractivity contribution in [3.8, 4) is 17.6 Å². The number of aliphatic hydroxyl groups is 1. The van der Waals surface area contributed by atoms with Gasteiger partial charge >= 0.3 is 0 Å². The van der Waals surface area contributed by atoms with Crippen molar-refractivity contribution in [1.29, 1.82) is 0 Å². The van der Waals surface area contributed by atoms with Crippen LogP contribution < -0.4 is 4.74 Å². The van der Waals surface area contributed by atoms with Gasteiger partial charge in [-0.1, -0.05) is 24.8 Å². The fourth-order valence-corrected chi connectivity index (χ4v) is 3.04. The standard InChI is InChI=1S/C18H25NO2/c1-3-17-10-9-15(2)19(17)11-13-21-18-8-4-6-16(14-18)7-5-12-20/h4,6,8,14-15,17,20H,3,9-13H2,1-2H3. The summed E-state index contributed by atoms with van der Waals surface area (Å²) in [7, 11) is 0. The lowest BCUT2D eigenvalue weighted by atomic mass is 10.1. The average Bonchev–Trinajstić information content (AvgIpc) is 2.86.